The van der Waals surface area contributed by atoms with Crippen LogP contribution in [0.4, 0.5) is 0 Å². The lowest BCUT2D eigenvalue weighted by Gasteiger charge is -2.10. The monoisotopic (exact) mass is 231 g/mol. The van der Waals surface area contributed by atoms with Crippen molar-refractivity contribution in [1.82, 2.24) is 0 Å². The Bertz CT molecular complexity index is 521. The van der Waals surface area contributed by atoms with Gasteiger partial charge in [-0.05, 0) is 40.8 Å². The molecule has 0 fully saturated rings. The predicted octanol–water partition coefficient (Wildman–Crippen LogP) is 2.90. The molecule has 0 aliphatic heterocycles. The maximum Gasteiger partial charge on any atom is 0.0278 e. The van der Waals surface area contributed by atoms with Gasteiger partial charge in [0, 0.05) is 4.90 Å². The Labute approximate surface area is 97.2 Å². The summed E-state index contributed by atoms with van der Waals surface area (Å²) in [6.45, 7) is 1.80. The van der Waals surface area contributed by atoms with Gasteiger partial charge in [-0.15, -0.1) is 0 Å². The van der Waals surface area contributed by atoms with E-state index >= 15 is 0 Å². The van der Waals surface area contributed by atoms with Crippen LogP contribution >= 0.6 is 0 Å². The van der Waals surface area contributed by atoms with E-state index < -0.39 is 11.1 Å². The molecule has 0 aliphatic rings. The Morgan fingerprint density at radius 2 is 1.69 bits per heavy atom. The van der Waals surface area contributed by atoms with Gasteiger partial charge in [0.05, 0.1) is 0 Å². The molecule has 0 aliphatic carbocycles. The van der Waals surface area contributed by atoms with E-state index in [1.54, 1.807) is 13.0 Å². The average molecular weight is 231 g/mol. The second-order valence-corrected chi connectivity index (χ2v) is 4.49. The smallest absolute Gasteiger partial charge is 0.0278 e. The maximum atomic E-state index is 10.9. The lowest BCUT2D eigenvalue weighted by molar-refractivity contribution is 0.536. The molecule has 0 heterocycles. The van der Waals surface area contributed by atoms with Gasteiger partial charge in [-0.2, -0.15) is 0 Å². The van der Waals surface area contributed by atoms with Gasteiger partial charge in [0.1, 0.15) is 0 Å². The third kappa shape index (κ3) is 2.21. The second kappa shape index (κ2) is 4.60. The van der Waals surface area contributed by atoms with Crippen molar-refractivity contribution in [3.8, 4) is 11.1 Å². The minimum atomic E-state index is -2.16. The van der Waals surface area contributed by atoms with Gasteiger partial charge < -0.3 is 4.55 Å². The summed E-state index contributed by atoms with van der Waals surface area (Å²) in [5, 5.41) is 0. The number of hydrogen-bond acceptors (Lipinski definition) is 2. The van der Waals surface area contributed by atoms with Crippen LogP contribution in [-0.2, 0) is 11.1 Å². The highest BCUT2D eigenvalue weighted by Gasteiger charge is 2.01. The van der Waals surface area contributed by atoms with Crippen molar-refractivity contribution in [3.63, 3.8) is 0 Å². The lowest BCUT2D eigenvalue weighted by atomic mass is 10.0. The molecule has 16 heavy (non-hydrogen) atoms. The molecule has 0 saturated heterocycles. The largest absolute Gasteiger partial charge is 0.768 e. The minimum absolute atomic E-state index is 0.361. The van der Waals surface area contributed by atoms with Gasteiger partial charge in [-0.25, -0.2) is 0 Å². The summed E-state index contributed by atoms with van der Waals surface area (Å²) in [4.78, 5) is 0.361. The highest BCUT2D eigenvalue weighted by molar-refractivity contribution is 7.79. The van der Waals surface area contributed by atoms with Crippen LogP contribution < -0.4 is 0 Å². The molecule has 2 aromatic rings. The molecule has 1 atom stereocenters. The van der Waals surface area contributed by atoms with Gasteiger partial charge in [-0.3, -0.25) is 4.21 Å². The first kappa shape index (κ1) is 11.0. The maximum absolute atomic E-state index is 10.9. The fraction of sp³-hybridized carbons (Fsp3) is 0.0769. The molecule has 3 heteroatoms. The Hall–Kier alpha value is -1.45. The molecule has 0 radical (unpaired) electrons. The molecule has 1 unspecified atom stereocenters. The molecule has 2 nitrogen and oxygen atoms in total. The van der Waals surface area contributed by atoms with Crippen molar-refractivity contribution in [2.45, 2.75) is 11.8 Å². The second-order valence-electron chi connectivity index (χ2n) is 3.58. The summed E-state index contributed by atoms with van der Waals surface area (Å²) >= 11 is -2.16. The van der Waals surface area contributed by atoms with Crippen LogP contribution in [0.5, 0.6) is 0 Å². The molecule has 2 rings (SSSR count). The zero-order chi connectivity index (χ0) is 11.5. The van der Waals surface area contributed by atoms with E-state index in [4.69, 9.17) is 0 Å². The van der Waals surface area contributed by atoms with Gasteiger partial charge in [0.2, 0.25) is 0 Å². The Morgan fingerprint density at radius 3 is 2.25 bits per heavy atom. The summed E-state index contributed by atoms with van der Waals surface area (Å²) in [7, 11) is 0. The van der Waals surface area contributed by atoms with Crippen LogP contribution in [0.3, 0.4) is 0 Å². The van der Waals surface area contributed by atoms with Crippen LogP contribution in [0.25, 0.3) is 11.1 Å². The highest BCUT2D eigenvalue weighted by atomic mass is 32.2. The van der Waals surface area contributed by atoms with E-state index in [1.807, 2.05) is 42.5 Å². The van der Waals surface area contributed by atoms with Crippen LogP contribution in [0.1, 0.15) is 5.56 Å². The van der Waals surface area contributed by atoms with Gasteiger partial charge in [0.25, 0.3) is 0 Å². The van der Waals surface area contributed by atoms with E-state index in [2.05, 4.69) is 0 Å². The van der Waals surface area contributed by atoms with Crippen molar-refractivity contribution < 1.29 is 8.76 Å². The normalized spacial score (nSPS) is 12.4. The number of rotatable bonds is 2. The van der Waals surface area contributed by atoms with E-state index in [1.165, 1.54) is 0 Å². The van der Waals surface area contributed by atoms with E-state index in [0.717, 1.165) is 16.7 Å². The van der Waals surface area contributed by atoms with Gasteiger partial charge in [0.15, 0.2) is 0 Å². The third-order valence-electron chi connectivity index (χ3n) is 2.46. The summed E-state index contributed by atoms with van der Waals surface area (Å²) in [5.41, 5.74) is 2.90. The van der Waals surface area contributed by atoms with Crippen molar-refractivity contribution in [1.29, 1.82) is 0 Å². The molecule has 0 N–H and O–H groups in total. The molecular weight excluding hydrogens is 220 g/mol. The van der Waals surface area contributed by atoms with Crippen LogP contribution in [0.15, 0.2) is 53.4 Å². The number of benzene rings is 2. The van der Waals surface area contributed by atoms with E-state index in [9.17, 15) is 8.76 Å². The lowest BCUT2D eigenvalue weighted by Crippen LogP contribution is -1.93. The SMILES string of the molecule is Cc1cc(-c2ccccc2)ccc1S(=O)[O-]. The van der Waals surface area contributed by atoms with Crippen LogP contribution in [0, 0.1) is 6.92 Å². The fourth-order valence-electron chi connectivity index (χ4n) is 1.65. The van der Waals surface area contributed by atoms with Gasteiger partial charge >= 0.3 is 0 Å². The van der Waals surface area contributed by atoms with Crippen molar-refractivity contribution in [2.75, 3.05) is 0 Å². The zero-order valence-electron chi connectivity index (χ0n) is 8.84. The first-order chi connectivity index (χ1) is 7.68. The standard InChI is InChI=1S/C13H12O2S/c1-10-9-12(7-8-13(10)16(14)15)11-5-3-2-4-6-11/h2-9H,1H3,(H,14,15)/p-1. The number of aryl methyl sites for hydroxylation is 1. The summed E-state index contributed by atoms with van der Waals surface area (Å²) < 4.78 is 21.7. The van der Waals surface area contributed by atoms with Crippen molar-refractivity contribution in [3.05, 3.63) is 54.1 Å². The first-order valence-corrected chi connectivity index (χ1v) is 6.01. The third-order valence-corrected chi connectivity index (χ3v) is 3.28. The average Bonchev–Trinajstić information content (AvgIpc) is 2.29. The molecule has 0 saturated carbocycles. The molecule has 0 spiro atoms. The molecule has 0 bridgehead atoms. The quantitative estimate of drug-likeness (QED) is 0.745. The molecule has 0 aromatic heterocycles. The van der Waals surface area contributed by atoms with Crippen LogP contribution in [0.2, 0.25) is 0 Å². The Morgan fingerprint density at radius 1 is 1.00 bits per heavy atom. The number of hydrogen-bond donors (Lipinski definition) is 0. The zero-order valence-corrected chi connectivity index (χ0v) is 9.66. The Balaban J connectivity index is 2.46. The van der Waals surface area contributed by atoms with Crippen molar-refractivity contribution >= 4 is 11.1 Å². The highest BCUT2D eigenvalue weighted by Crippen LogP contribution is 2.23. The Kier molecular flexibility index (Phi) is 3.17. The van der Waals surface area contributed by atoms with Crippen molar-refractivity contribution in [2.24, 2.45) is 0 Å². The summed E-state index contributed by atoms with van der Waals surface area (Å²) in [6.07, 6.45) is 0. The molecule has 2 aromatic carbocycles. The summed E-state index contributed by atoms with van der Waals surface area (Å²) in [6, 6.07) is 15.2. The first-order valence-electron chi connectivity index (χ1n) is 4.94. The molecule has 0 amide bonds. The molecule has 82 valence electrons. The fourth-order valence-corrected chi connectivity index (χ4v) is 2.15. The minimum Gasteiger partial charge on any atom is -0.768 e. The topological polar surface area (TPSA) is 40.1 Å². The van der Waals surface area contributed by atoms with Crippen LogP contribution in [-0.4, -0.2) is 8.76 Å². The van der Waals surface area contributed by atoms with Gasteiger partial charge in [-0.1, -0.05) is 42.5 Å². The van der Waals surface area contributed by atoms with E-state index in [0.29, 0.717) is 4.90 Å². The predicted molar refractivity (Wildman–Crippen MR) is 63.8 cm³/mol. The van der Waals surface area contributed by atoms with E-state index in [-0.39, 0.29) is 0 Å². The summed E-state index contributed by atoms with van der Waals surface area (Å²) in [5.74, 6) is 0. The molecular formula is C13H11O2S-.